The van der Waals surface area contributed by atoms with E-state index in [0.29, 0.717) is 19.8 Å². The summed E-state index contributed by atoms with van der Waals surface area (Å²) < 4.78 is 18.2. The van der Waals surface area contributed by atoms with Gasteiger partial charge in [0, 0.05) is 0 Å². The predicted octanol–water partition coefficient (Wildman–Crippen LogP) is 5.13. The highest BCUT2D eigenvalue weighted by Crippen LogP contribution is 2.18. The monoisotopic (exact) mass is 416 g/mol. The lowest BCUT2D eigenvalue weighted by Gasteiger charge is -2.29. The maximum Gasteiger partial charge on any atom is 0.151 e. The van der Waals surface area contributed by atoms with E-state index in [1.165, 1.54) is 0 Å². The fourth-order valence-corrected chi connectivity index (χ4v) is 3.19. The third-order valence-electron chi connectivity index (χ3n) is 4.87. The van der Waals surface area contributed by atoms with Gasteiger partial charge in [0.05, 0.1) is 19.8 Å². The van der Waals surface area contributed by atoms with Gasteiger partial charge in [0.25, 0.3) is 0 Å². The van der Waals surface area contributed by atoms with E-state index in [0.717, 1.165) is 23.0 Å². The van der Waals surface area contributed by atoms with Crippen molar-refractivity contribution < 1.29 is 19.0 Å². The van der Waals surface area contributed by atoms with Crippen molar-refractivity contribution in [2.75, 3.05) is 0 Å². The topological polar surface area (TPSA) is 44.8 Å². The minimum Gasteiger partial charge on any atom is -0.367 e. The molecular weight excluding hydrogens is 388 g/mol. The Bertz CT molecular complexity index is 841. The van der Waals surface area contributed by atoms with Gasteiger partial charge in [-0.05, 0) is 16.7 Å². The summed E-state index contributed by atoms with van der Waals surface area (Å²) in [6.45, 7) is 4.93. The van der Waals surface area contributed by atoms with Crippen LogP contribution in [0, 0.1) is 0 Å². The number of hydrogen-bond acceptors (Lipinski definition) is 4. The third-order valence-corrected chi connectivity index (χ3v) is 4.87. The van der Waals surface area contributed by atoms with Crippen LogP contribution in [0.25, 0.3) is 0 Å². The molecule has 0 saturated carbocycles. The fourth-order valence-electron chi connectivity index (χ4n) is 3.19. The summed E-state index contributed by atoms with van der Waals surface area (Å²) in [5.41, 5.74) is 3.02. The van der Waals surface area contributed by atoms with Gasteiger partial charge in [-0.15, -0.1) is 6.58 Å². The van der Waals surface area contributed by atoms with Crippen molar-refractivity contribution in [1.29, 1.82) is 0 Å². The van der Waals surface area contributed by atoms with Crippen molar-refractivity contribution in [3.8, 4) is 0 Å². The van der Waals surface area contributed by atoms with Gasteiger partial charge in [-0.2, -0.15) is 0 Å². The van der Waals surface area contributed by atoms with Crippen molar-refractivity contribution in [2.45, 2.75) is 38.1 Å². The van der Waals surface area contributed by atoms with Crippen LogP contribution in [0.1, 0.15) is 16.7 Å². The Labute approximate surface area is 184 Å². The lowest BCUT2D eigenvalue weighted by molar-refractivity contribution is -0.150. The predicted molar refractivity (Wildman–Crippen MR) is 121 cm³/mol. The number of hydrogen-bond donors (Lipinski definition) is 0. The minimum atomic E-state index is -0.803. The Hall–Kier alpha value is -3.05. The van der Waals surface area contributed by atoms with Gasteiger partial charge >= 0.3 is 0 Å². The maximum atomic E-state index is 12.0. The van der Waals surface area contributed by atoms with E-state index in [4.69, 9.17) is 14.2 Å². The van der Waals surface area contributed by atoms with Crippen LogP contribution in [0.15, 0.2) is 104 Å². The molecular formula is C27H28O4. The number of aldehydes is 1. The lowest BCUT2D eigenvalue weighted by Crippen LogP contribution is -2.42. The molecule has 0 saturated heterocycles. The van der Waals surface area contributed by atoms with E-state index in [1.54, 1.807) is 6.08 Å². The standard InChI is InChI=1S/C27H28O4/c1-2-25(29-19-22-12-6-3-7-13-22)27(31-21-24-16-10-5-11-17-24)26(18-28)30-20-23-14-8-4-9-15-23/h2-18,25-27H,1,19-21H2/t25-,26+,27+/m0/s1. The number of rotatable bonds is 13. The normalized spacial score (nSPS) is 13.8. The van der Waals surface area contributed by atoms with E-state index < -0.39 is 18.3 Å². The number of ether oxygens (including phenoxy) is 3. The van der Waals surface area contributed by atoms with Crippen molar-refractivity contribution >= 4 is 6.29 Å². The molecule has 3 aromatic carbocycles. The molecule has 3 aromatic rings. The Balaban J connectivity index is 1.71. The molecule has 4 nitrogen and oxygen atoms in total. The van der Waals surface area contributed by atoms with E-state index >= 15 is 0 Å². The van der Waals surface area contributed by atoms with Crippen molar-refractivity contribution in [2.24, 2.45) is 0 Å². The van der Waals surface area contributed by atoms with Crippen LogP contribution >= 0.6 is 0 Å². The Morgan fingerprint density at radius 2 is 1.00 bits per heavy atom. The third kappa shape index (κ3) is 7.30. The number of carbonyl (C=O) groups is 1. The SMILES string of the molecule is C=C[C@H](OCc1ccccc1)[C@@H](OCc1ccccc1)[C@@H](C=O)OCc1ccccc1. The van der Waals surface area contributed by atoms with Gasteiger partial charge in [-0.1, -0.05) is 97.1 Å². The van der Waals surface area contributed by atoms with E-state index in [9.17, 15) is 4.79 Å². The van der Waals surface area contributed by atoms with Gasteiger partial charge in [0.1, 0.15) is 18.3 Å². The highest BCUT2D eigenvalue weighted by molar-refractivity contribution is 5.57. The molecule has 3 atom stereocenters. The zero-order valence-electron chi connectivity index (χ0n) is 17.5. The van der Waals surface area contributed by atoms with Crippen LogP contribution in [0.3, 0.4) is 0 Å². The van der Waals surface area contributed by atoms with Crippen LogP contribution < -0.4 is 0 Å². The molecule has 0 aliphatic heterocycles. The first-order valence-electron chi connectivity index (χ1n) is 10.3. The molecule has 0 spiro atoms. The molecule has 0 aromatic heterocycles. The fraction of sp³-hybridized carbons (Fsp3) is 0.222. The molecule has 0 heterocycles. The lowest BCUT2D eigenvalue weighted by atomic mass is 10.1. The summed E-state index contributed by atoms with van der Waals surface area (Å²) in [5.74, 6) is 0. The van der Waals surface area contributed by atoms with Gasteiger partial charge in [0.15, 0.2) is 6.29 Å². The van der Waals surface area contributed by atoms with Gasteiger partial charge in [0.2, 0.25) is 0 Å². The molecule has 0 bridgehead atoms. The summed E-state index contributed by atoms with van der Waals surface area (Å²) in [5, 5.41) is 0. The summed E-state index contributed by atoms with van der Waals surface area (Å²) >= 11 is 0. The van der Waals surface area contributed by atoms with Crippen LogP contribution in [0.2, 0.25) is 0 Å². The molecule has 0 fully saturated rings. The molecule has 0 aliphatic carbocycles. The Morgan fingerprint density at radius 1 is 0.613 bits per heavy atom. The first kappa shape index (κ1) is 22.6. The zero-order chi connectivity index (χ0) is 21.7. The van der Waals surface area contributed by atoms with Crippen LogP contribution in [-0.2, 0) is 38.8 Å². The minimum absolute atomic E-state index is 0.304. The van der Waals surface area contributed by atoms with Crippen molar-refractivity contribution in [3.63, 3.8) is 0 Å². The summed E-state index contributed by atoms with van der Waals surface area (Å²) in [7, 11) is 0. The van der Waals surface area contributed by atoms with Gasteiger partial charge in [-0.3, -0.25) is 0 Å². The number of carbonyl (C=O) groups excluding carboxylic acids is 1. The first-order chi connectivity index (χ1) is 15.3. The molecule has 31 heavy (non-hydrogen) atoms. The highest BCUT2D eigenvalue weighted by Gasteiger charge is 2.30. The molecule has 0 unspecified atom stereocenters. The zero-order valence-corrected chi connectivity index (χ0v) is 17.5. The highest BCUT2D eigenvalue weighted by atomic mass is 16.6. The second-order valence-corrected chi connectivity index (χ2v) is 7.16. The molecule has 0 aliphatic rings. The molecule has 0 N–H and O–H groups in total. The van der Waals surface area contributed by atoms with Gasteiger partial charge in [-0.25, -0.2) is 0 Å². The quantitative estimate of drug-likeness (QED) is 0.286. The van der Waals surface area contributed by atoms with Crippen LogP contribution in [-0.4, -0.2) is 24.6 Å². The van der Waals surface area contributed by atoms with Crippen molar-refractivity contribution in [3.05, 3.63) is 120 Å². The maximum absolute atomic E-state index is 12.0. The molecule has 3 rings (SSSR count). The Kier molecular flexibility index (Phi) is 9.20. The van der Waals surface area contributed by atoms with Crippen LogP contribution in [0.5, 0.6) is 0 Å². The second kappa shape index (κ2) is 12.6. The van der Waals surface area contributed by atoms with E-state index in [-0.39, 0.29) is 0 Å². The smallest absolute Gasteiger partial charge is 0.151 e. The second-order valence-electron chi connectivity index (χ2n) is 7.16. The van der Waals surface area contributed by atoms with Crippen LogP contribution in [0.4, 0.5) is 0 Å². The van der Waals surface area contributed by atoms with Gasteiger partial charge < -0.3 is 19.0 Å². The molecule has 0 radical (unpaired) electrons. The molecule has 4 heteroatoms. The average Bonchev–Trinajstić information content (AvgIpc) is 2.84. The number of benzene rings is 3. The van der Waals surface area contributed by atoms with E-state index in [1.807, 2.05) is 91.0 Å². The first-order valence-corrected chi connectivity index (χ1v) is 10.3. The summed E-state index contributed by atoms with van der Waals surface area (Å²) in [6.07, 6.45) is 0.488. The van der Waals surface area contributed by atoms with E-state index in [2.05, 4.69) is 6.58 Å². The summed E-state index contributed by atoms with van der Waals surface area (Å²) in [6, 6.07) is 29.4. The average molecular weight is 417 g/mol. The molecule has 0 amide bonds. The largest absolute Gasteiger partial charge is 0.367 e. The van der Waals surface area contributed by atoms with Crippen molar-refractivity contribution in [1.82, 2.24) is 0 Å². The molecule has 160 valence electrons. The Morgan fingerprint density at radius 3 is 1.39 bits per heavy atom. The summed E-state index contributed by atoms with van der Waals surface area (Å²) in [4.78, 5) is 12.0.